The number of nitrogens with one attached hydrogen (secondary N) is 1. The third-order valence-corrected chi connectivity index (χ3v) is 5.54. The summed E-state index contributed by atoms with van der Waals surface area (Å²) in [7, 11) is 1.65. The number of ether oxygens (including phenoxy) is 1. The van der Waals surface area contributed by atoms with Crippen LogP contribution in [0.5, 0.6) is 5.75 Å². The van der Waals surface area contributed by atoms with Gasteiger partial charge in [0.25, 0.3) is 0 Å². The van der Waals surface area contributed by atoms with E-state index >= 15 is 0 Å². The van der Waals surface area contributed by atoms with Crippen molar-refractivity contribution < 1.29 is 4.74 Å². The Hall–Kier alpha value is -0.420. The molecular weight excluding hydrogens is 381 g/mol. The highest BCUT2D eigenvalue weighted by atomic mass is 79.9. The second kappa shape index (κ2) is 5.76. The highest BCUT2D eigenvalue weighted by Gasteiger charge is 2.26. The lowest BCUT2D eigenvalue weighted by atomic mass is 10.1. The highest BCUT2D eigenvalue weighted by molar-refractivity contribution is 9.10. The summed E-state index contributed by atoms with van der Waals surface area (Å²) >= 11 is 17.4. The van der Waals surface area contributed by atoms with Gasteiger partial charge >= 0.3 is 0 Å². The fraction of sp³-hybridized carbons (Fsp3) is 0.286. The van der Waals surface area contributed by atoms with Crippen LogP contribution in [0.15, 0.2) is 22.7 Å². The van der Waals surface area contributed by atoms with Crippen LogP contribution in [0.3, 0.4) is 0 Å². The number of fused-ring (bicyclic) bond motifs is 1. The average molecular weight is 393 g/mol. The van der Waals surface area contributed by atoms with Crippen molar-refractivity contribution in [1.29, 1.82) is 0 Å². The van der Waals surface area contributed by atoms with Crippen molar-refractivity contribution in [2.45, 2.75) is 18.9 Å². The number of halogens is 3. The van der Waals surface area contributed by atoms with E-state index in [0.29, 0.717) is 5.02 Å². The largest absolute Gasteiger partial charge is 0.493 e. The molecule has 0 fully saturated rings. The molecule has 1 aliphatic rings. The van der Waals surface area contributed by atoms with E-state index in [9.17, 15) is 0 Å². The van der Waals surface area contributed by atoms with E-state index in [0.717, 1.165) is 33.1 Å². The number of thiophene rings is 1. The smallest absolute Gasteiger partial charge is 0.156 e. The number of rotatable bonds is 3. The Morgan fingerprint density at radius 2 is 2.15 bits per heavy atom. The monoisotopic (exact) mass is 391 g/mol. The predicted molar refractivity (Wildman–Crippen MR) is 89.7 cm³/mol. The molecule has 1 aromatic heterocycles. The van der Waals surface area contributed by atoms with Gasteiger partial charge in [-0.2, -0.15) is 0 Å². The van der Waals surface area contributed by atoms with E-state index in [2.05, 4.69) is 27.3 Å². The molecule has 0 radical (unpaired) electrons. The summed E-state index contributed by atoms with van der Waals surface area (Å²) < 4.78 is 7.14. The maximum Gasteiger partial charge on any atom is 0.156 e. The lowest BCUT2D eigenvalue weighted by Gasteiger charge is -2.18. The van der Waals surface area contributed by atoms with Gasteiger partial charge in [0.1, 0.15) is 0 Å². The zero-order valence-electron chi connectivity index (χ0n) is 10.7. The van der Waals surface area contributed by atoms with Gasteiger partial charge in [-0.05, 0) is 52.5 Å². The zero-order valence-corrected chi connectivity index (χ0v) is 14.6. The second-order valence-electron chi connectivity index (χ2n) is 4.63. The molecule has 1 aromatic carbocycles. The van der Waals surface area contributed by atoms with Crippen LogP contribution >= 0.6 is 50.5 Å². The predicted octanol–water partition coefficient (Wildman–Crippen LogP) is 5.93. The molecule has 1 unspecified atom stereocenters. The van der Waals surface area contributed by atoms with E-state index in [1.807, 2.05) is 12.1 Å². The summed E-state index contributed by atoms with van der Waals surface area (Å²) in [4.78, 5) is 1.37. The molecule has 6 heteroatoms. The molecule has 1 atom stereocenters. The molecule has 0 aliphatic heterocycles. The molecule has 0 bridgehead atoms. The molecule has 0 spiro atoms. The Bertz CT molecular complexity index is 659. The maximum absolute atomic E-state index is 6.12. The van der Waals surface area contributed by atoms with Gasteiger partial charge in [-0.25, -0.2) is 0 Å². The molecule has 1 aliphatic carbocycles. The Kier molecular flexibility index (Phi) is 4.18. The van der Waals surface area contributed by atoms with Crippen LogP contribution in [0.2, 0.25) is 9.36 Å². The van der Waals surface area contributed by atoms with E-state index in [-0.39, 0.29) is 6.04 Å². The van der Waals surface area contributed by atoms with E-state index in [1.165, 1.54) is 10.4 Å². The number of methoxy groups -OCH3 is 1. The van der Waals surface area contributed by atoms with Gasteiger partial charge in [0.2, 0.25) is 0 Å². The lowest BCUT2D eigenvalue weighted by Crippen LogP contribution is -2.08. The topological polar surface area (TPSA) is 21.3 Å². The molecular formula is C14H12BrCl2NOS. The normalized spacial score (nSPS) is 17.1. The molecule has 1 heterocycles. The summed E-state index contributed by atoms with van der Waals surface area (Å²) in [6, 6.07) is 6.02. The summed E-state index contributed by atoms with van der Waals surface area (Å²) in [5, 5.41) is 4.19. The summed E-state index contributed by atoms with van der Waals surface area (Å²) in [6.07, 6.45) is 2.13. The first-order valence-electron chi connectivity index (χ1n) is 6.16. The van der Waals surface area contributed by atoms with Crippen LogP contribution < -0.4 is 10.1 Å². The molecule has 106 valence electrons. The van der Waals surface area contributed by atoms with Crippen LogP contribution in [0.1, 0.15) is 22.9 Å². The van der Waals surface area contributed by atoms with E-state index in [4.69, 9.17) is 27.9 Å². The van der Waals surface area contributed by atoms with E-state index in [1.54, 1.807) is 18.4 Å². The average Bonchev–Trinajstić information content (AvgIpc) is 2.90. The minimum atomic E-state index is 0.257. The number of benzene rings is 1. The summed E-state index contributed by atoms with van der Waals surface area (Å²) in [5.74, 6) is 0.768. The fourth-order valence-electron chi connectivity index (χ4n) is 2.54. The van der Waals surface area contributed by atoms with Gasteiger partial charge in [0.05, 0.1) is 27.6 Å². The third-order valence-electron chi connectivity index (χ3n) is 3.39. The second-order valence-corrected chi connectivity index (χ2v) is 7.69. The van der Waals surface area contributed by atoms with Crippen LogP contribution in [-0.4, -0.2) is 7.11 Å². The number of hydrogen-bond acceptors (Lipinski definition) is 3. The van der Waals surface area contributed by atoms with Gasteiger partial charge in [-0.15, -0.1) is 11.3 Å². The first-order chi connectivity index (χ1) is 9.58. The maximum atomic E-state index is 6.12. The van der Waals surface area contributed by atoms with Crippen LogP contribution in [0, 0.1) is 0 Å². The molecule has 20 heavy (non-hydrogen) atoms. The summed E-state index contributed by atoms with van der Waals surface area (Å²) in [6.45, 7) is 0. The van der Waals surface area contributed by atoms with Gasteiger partial charge in [-0.3, -0.25) is 0 Å². The molecule has 0 saturated carbocycles. The van der Waals surface area contributed by atoms with Crippen molar-refractivity contribution in [3.8, 4) is 5.75 Å². The van der Waals surface area contributed by atoms with Crippen molar-refractivity contribution in [2.75, 3.05) is 12.4 Å². The van der Waals surface area contributed by atoms with Crippen LogP contribution in [0.25, 0.3) is 0 Å². The van der Waals surface area contributed by atoms with Gasteiger partial charge in [-0.1, -0.05) is 23.2 Å². The van der Waals surface area contributed by atoms with Crippen molar-refractivity contribution in [1.82, 2.24) is 0 Å². The molecule has 2 nitrogen and oxygen atoms in total. The molecule has 0 amide bonds. The molecule has 0 saturated heterocycles. The molecule has 2 aromatic rings. The Morgan fingerprint density at radius 3 is 2.90 bits per heavy atom. The summed E-state index contributed by atoms with van der Waals surface area (Å²) in [5.41, 5.74) is 2.19. The van der Waals surface area contributed by atoms with Gasteiger partial charge in [0, 0.05) is 9.90 Å². The fourth-order valence-corrected chi connectivity index (χ4v) is 4.87. The Morgan fingerprint density at radius 1 is 1.35 bits per heavy atom. The zero-order chi connectivity index (χ0) is 14.3. The SMILES string of the molecule is COc1c(Br)cc(Cl)cc1NC1CCc2sc(Cl)cc21. The molecule has 3 rings (SSSR count). The van der Waals surface area contributed by atoms with Crippen molar-refractivity contribution >= 4 is 56.2 Å². The van der Waals surface area contributed by atoms with Gasteiger partial charge in [0.15, 0.2) is 5.75 Å². The lowest BCUT2D eigenvalue weighted by molar-refractivity contribution is 0.413. The Labute approximate surface area is 140 Å². The van der Waals surface area contributed by atoms with Crippen molar-refractivity contribution in [3.63, 3.8) is 0 Å². The van der Waals surface area contributed by atoms with Crippen LogP contribution in [0.4, 0.5) is 5.69 Å². The van der Waals surface area contributed by atoms with Crippen molar-refractivity contribution in [3.05, 3.63) is 42.5 Å². The van der Waals surface area contributed by atoms with Crippen LogP contribution in [-0.2, 0) is 6.42 Å². The van der Waals surface area contributed by atoms with E-state index < -0.39 is 0 Å². The minimum Gasteiger partial charge on any atom is -0.493 e. The minimum absolute atomic E-state index is 0.257. The number of hydrogen-bond donors (Lipinski definition) is 1. The first-order valence-corrected chi connectivity index (χ1v) is 8.52. The highest BCUT2D eigenvalue weighted by Crippen LogP contribution is 2.44. The first kappa shape index (κ1) is 14.5. The number of anilines is 1. The number of aryl methyl sites for hydroxylation is 1. The van der Waals surface area contributed by atoms with Gasteiger partial charge < -0.3 is 10.1 Å². The third kappa shape index (κ3) is 2.67. The van der Waals surface area contributed by atoms with Crippen molar-refractivity contribution in [2.24, 2.45) is 0 Å². The Balaban J connectivity index is 1.92. The quantitative estimate of drug-likeness (QED) is 0.699. The standard InChI is InChI=1S/C14H12BrCl2NOS/c1-19-14-9(15)4-7(16)5-11(14)18-10-2-3-12-8(10)6-13(17)20-12/h4-6,10,18H,2-3H2,1H3. The molecule has 1 N–H and O–H groups in total.